The van der Waals surface area contributed by atoms with E-state index in [0.717, 1.165) is 11.4 Å². The Morgan fingerprint density at radius 1 is 1.00 bits per heavy atom. The molecule has 17 heavy (non-hydrogen) atoms. The molecular weight excluding hydrogens is 227 g/mol. The maximum Gasteiger partial charge on any atom is 0.0706 e. The summed E-state index contributed by atoms with van der Waals surface area (Å²) in [5.74, 6) is 0. The molecule has 0 bridgehead atoms. The van der Waals surface area contributed by atoms with Gasteiger partial charge in [-0.3, -0.25) is 9.97 Å². The molecule has 0 atom stereocenters. The highest BCUT2D eigenvalue weighted by molar-refractivity contribution is 7.67. The van der Waals surface area contributed by atoms with E-state index in [2.05, 4.69) is 35.4 Å². The summed E-state index contributed by atoms with van der Waals surface area (Å²) in [4.78, 5) is 8.75. The summed E-state index contributed by atoms with van der Waals surface area (Å²) in [6, 6.07) is 12.0. The predicted molar refractivity (Wildman–Crippen MR) is 75.1 cm³/mol. The van der Waals surface area contributed by atoms with Gasteiger partial charge in [0.1, 0.15) is 0 Å². The monoisotopic (exact) mass is 242 g/mol. The van der Waals surface area contributed by atoms with E-state index in [1.807, 2.05) is 42.7 Å². The number of rotatable bonds is 3. The lowest BCUT2D eigenvalue weighted by molar-refractivity contribution is 1.28. The summed E-state index contributed by atoms with van der Waals surface area (Å²) < 4.78 is 0. The number of hydrogen-bond donors (Lipinski definition) is 0. The molecule has 2 nitrogen and oxygen atoms in total. The van der Waals surface area contributed by atoms with E-state index in [-0.39, 0.29) is 7.92 Å². The third kappa shape index (κ3) is 3.21. The first-order chi connectivity index (χ1) is 8.27. The molecule has 0 radical (unpaired) electrons. The lowest BCUT2D eigenvalue weighted by Crippen LogP contribution is -1.88. The highest BCUT2D eigenvalue weighted by Crippen LogP contribution is 2.43. The quantitative estimate of drug-likeness (QED) is 0.767. The Labute approximate surface area is 103 Å². The Morgan fingerprint density at radius 2 is 1.71 bits per heavy atom. The van der Waals surface area contributed by atoms with Crippen molar-refractivity contribution in [2.75, 3.05) is 13.3 Å². The van der Waals surface area contributed by atoms with Crippen molar-refractivity contribution in [1.82, 2.24) is 9.97 Å². The molecule has 0 amide bonds. The fraction of sp³-hybridized carbons (Fsp3) is 0.143. The number of nitrogens with zero attached hydrogens (tertiary/aromatic N) is 2. The van der Waals surface area contributed by atoms with Crippen LogP contribution in [-0.4, -0.2) is 23.3 Å². The molecule has 86 valence electrons. The van der Waals surface area contributed by atoms with Crippen LogP contribution >= 0.6 is 7.92 Å². The van der Waals surface area contributed by atoms with Crippen molar-refractivity contribution < 1.29 is 0 Å². The van der Waals surface area contributed by atoms with Gasteiger partial charge < -0.3 is 0 Å². The molecule has 0 aliphatic rings. The third-order valence-electron chi connectivity index (χ3n) is 2.38. The van der Waals surface area contributed by atoms with Gasteiger partial charge in [0.2, 0.25) is 0 Å². The van der Waals surface area contributed by atoms with Crippen LogP contribution in [0.3, 0.4) is 0 Å². The summed E-state index contributed by atoms with van der Waals surface area (Å²) in [5, 5.41) is 1.28. The SMILES string of the molecule is CP(C)C(=Cc1ccccn1)c1ccccn1. The molecule has 2 aromatic heterocycles. The first kappa shape index (κ1) is 11.9. The number of pyridine rings is 2. The van der Waals surface area contributed by atoms with E-state index in [9.17, 15) is 0 Å². The van der Waals surface area contributed by atoms with Gasteiger partial charge in [-0.15, -0.1) is 0 Å². The van der Waals surface area contributed by atoms with Crippen LogP contribution in [0.1, 0.15) is 11.4 Å². The van der Waals surface area contributed by atoms with Gasteiger partial charge in [-0.25, -0.2) is 0 Å². The predicted octanol–water partition coefficient (Wildman–Crippen LogP) is 3.72. The number of aromatic nitrogens is 2. The lowest BCUT2D eigenvalue weighted by atomic mass is 10.2. The summed E-state index contributed by atoms with van der Waals surface area (Å²) in [5.41, 5.74) is 2.04. The lowest BCUT2D eigenvalue weighted by Gasteiger charge is -2.10. The molecule has 0 saturated heterocycles. The smallest absolute Gasteiger partial charge is 0.0706 e. The molecule has 0 saturated carbocycles. The van der Waals surface area contributed by atoms with Crippen LogP contribution in [0.15, 0.2) is 48.8 Å². The van der Waals surface area contributed by atoms with Crippen molar-refractivity contribution in [3.8, 4) is 0 Å². The average molecular weight is 242 g/mol. The van der Waals surface area contributed by atoms with Gasteiger partial charge in [0, 0.05) is 17.7 Å². The minimum atomic E-state index is -0.205. The second-order valence-corrected chi connectivity index (χ2v) is 6.16. The summed E-state index contributed by atoms with van der Waals surface area (Å²) in [6.45, 7) is 4.47. The third-order valence-corrected chi connectivity index (χ3v) is 3.70. The van der Waals surface area contributed by atoms with Gasteiger partial charge in [-0.2, -0.15) is 0 Å². The largest absolute Gasteiger partial charge is 0.257 e. The van der Waals surface area contributed by atoms with E-state index >= 15 is 0 Å². The Bertz CT molecular complexity index is 492. The van der Waals surface area contributed by atoms with Crippen LogP contribution in [0.4, 0.5) is 0 Å². The highest BCUT2D eigenvalue weighted by Gasteiger charge is 2.07. The Morgan fingerprint density at radius 3 is 2.24 bits per heavy atom. The topological polar surface area (TPSA) is 25.8 Å². The molecule has 2 rings (SSSR count). The minimum absolute atomic E-state index is 0.205. The molecule has 0 N–H and O–H groups in total. The van der Waals surface area contributed by atoms with Crippen LogP contribution in [0.2, 0.25) is 0 Å². The van der Waals surface area contributed by atoms with E-state index in [4.69, 9.17) is 0 Å². The highest BCUT2D eigenvalue weighted by atomic mass is 31.1. The van der Waals surface area contributed by atoms with E-state index in [1.54, 1.807) is 0 Å². The summed E-state index contributed by atoms with van der Waals surface area (Å²) >= 11 is 0. The zero-order chi connectivity index (χ0) is 12.1. The minimum Gasteiger partial charge on any atom is -0.257 e. The van der Waals surface area contributed by atoms with Gasteiger partial charge in [-0.05, 0) is 43.7 Å². The van der Waals surface area contributed by atoms with Crippen LogP contribution < -0.4 is 0 Å². The van der Waals surface area contributed by atoms with E-state index in [1.165, 1.54) is 5.31 Å². The Kier molecular flexibility index (Phi) is 4.00. The molecule has 0 aromatic carbocycles. The van der Waals surface area contributed by atoms with Gasteiger partial charge in [-0.1, -0.05) is 20.1 Å². The second-order valence-electron chi connectivity index (χ2n) is 3.89. The van der Waals surface area contributed by atoms with Gasteiger partial charge in [0.15, 0.2) is 0 Å². The molecule has 0 aliphatic heterocycles. The molecule has 3 heteroatoms. The maximum atomic E-state index is 4.42. The fourth-order valence-electron chi connectivity index (χ4n) is 1.55. The normalized spacial score (nSPS) is 11.8. The number of hydrogen-bond acceptors (Lipinski definition) is 2. The summed E-state index contributed by atoms with van der Waals surface area (Å²) in [7, 11) is -0.205. The molecule has 0 unspecified atom stereocenters. The fourth-order valence-corrected chi connectivity index (χ4v) is 2.53. The first-order valence-electron chi connectivity index (χ1n) is 5.49. The van der Waals surface area contributed by atoms with Crippen LogP contribution in [-0.2, 0) is 0 Å². The van der Waals surface area contributed by atoms with Gasteiger partial charge in [0.05, 0.1) is 11.4 Å². The van der Waals surface area contributed by atoms with Gasteiger partial charge in [0.25, 0.3) is 0 Å². The second kappa shape index (κ2) is 5.70. The van der Waals surface area contributed by atoms with Crippen molar-refractivity contribution in [3.05, 3.63) is 60.2 Å². The maximum absolute atomic E-state index is 4.42. The average Bonchev–Trinajstić information content (AvgIpc) is 2.38. The molecule has 2 aromatic rings. The molecule has 0 fully saturated rings. The van der Waals surface area contributed by atoms with E-state index in [0.29, 0.717) is 0 Å². The molecular formula is C14H15N2P. The molecule has 2 heterocycles. The Balaban J connectivity index is 2.40. The first-order valence-corrected chi connectivity index (χ1v) is 7.72. The standard InChI is InChI=1S/C14H15N2P/c1-17(2)14(13-8-4-6-10-16-13)11-12-7-3-5-9-15-12/h3-11H,1-2H3. The van der Waals surface area contributed by atoms with Crippen molar-refractivity contribution in [3.63, 3.8) is 0 Å². The molecule has 0 spiro atoms. The van der Waals surface area contributed by atoms with Crippen molar-refractivity contribution in [1.29, 1.82) is 0 Å². The van der Waals surface area contributed by atoms with Crippen LogP contribution in [0.5, 0.6) is 0 Å². The van der Waals surface area contributed by atoms with Crippen molar-refractivity contribution >= 4 is 19.3 Å². The van der Waals surface area contributed by atoms with Crippen LogP contribution in [0, 0.1) is 0 Å². The zero-order valence-electron chi connectivity index (χ0n) is 10.0. The van der Waals surface area contributed by atoms with Crippen LogP contribution in [0.25, 0.3) is 11.4 Å². The van der Waals surface area contributed by atoms with Crippen molar-refractivity contribution in [2.45, 2.75) is 0 Å². The molecule has 0 aliphatic carbocycles. The zero-order valence-corrected chi connectivity index (χ0v) is 10.9. The summed E-state index contributed by atoms with van der Waals surface area (Å²) in [6.07, 6.45) is 5.78. The van der Waals surface area contributed by atoms with Crippen molar-refractivity contribution in [2.24, 2.45) is 0 Å². The van der Waals surface area contributed by atoms with E-state index < -0.39 is 0 Å². The van der Waals surface area contributed by atoms with Gasteiger partial charge >= 0.3 is 0 Å². The Hall–Kier alpha value is -1.53.